The maximum atomic E-state index is 9.94. The summed E-state index contributed by atoms with van der Waals surface area (Å²) in [7, 11) is 1.57. The molecule has 2 N–H and O–H groups in total. The van der Waals surface area contributed by atoms with Crippen LogP contribution in [-0.4, -0.2) is 18.3 Å². The van der Waals surface area contributed by atoms with E-state index in [1.165, 1.54) is 6.42 Å². The number of rotatable bonds is 4. The average Bonchev–Trinajstić information content (AvgIpc) is 2.39. The van der Waals surface area contributed by atoms with Gasteiger partial charge < -0.3 is 15.2 Å². The van der Waals surface area contributed by atoms with Crippen molar-refractivity contribution in [1.82, 2.24) is 5.32 Å². The van der Waals surface area contributed by atoms with Crippen LogP contribution in [0.4, 0.5) is 0 Å². The lowest BCUT2D eigenvalue weighted by Crippen LogP contribution is -2.29. The second-order valence-electron chi connectivity index (χ2n) is 4.33. The number of nitrogens with one attached hydrogen (secondary N) is 1. The van der Waals surface area contributed by atoms with Crippen LogP contribution in [-0.2, 0) is 6.54 Å². The Morgan fingerprint density at radius 3 is 3.00 bits per heavy atom. The van der Waals surface area contributed by atoms with Crippen molar-refractivity contribution in [2.45, 2.75) is 31.8 Å². The van der Waals surface area contributed by atoms with E-state index < -0.39 is 0 Å². The van der Waals surface area contributed by atoms with Crippen molar-refractivity contribution in [3.05, 3.63) is 35.9 Å². The first-order chi connectivity index (χ1) is 8.31. The predicted molar refractivity (Wildman–Crippen MR) is 68.3 cm³/mol. The molecular formula is C14H19NO2. The number of hydrogen-bond donors (Lipinski definition) is 2. The molecule has 0 radical (unpaired) electrons. The van der Waals surface area contributed by atoms with Gasteiger partial charge in [0.1, 0.15) is 0 Å². The minimum absolute atomic E-state index is 0.244. The molecule has 0 bridgehead atoms. The third kappa shape index (κ3) is 3.01. The van der Waals surface area contributed by atoms with Crippen molar-refractivity contribution >= 4 is 0 Å². The molecule has 0 saturated heterocycles. The Morgan fingerprint density at radius 2 is 2.29 bits per heavy atom. The number of phenolic OH excluding ortho intramolecular Hbond substituents is 1. The number of allylic oxidation sites excluding steroid dienone is 1. The fraction of sp³-hybridized carbons (Fsp3) is 0.429. The van der Waals surface area contributed by atoms with Crippen molar-refractivity contribution in [3.8, 4) is 11.5 Å². The van der Waals surface area contributed by atoms with Crippen LogP contribution in [0, 0.1) is 0 Å². The predicted octanol–water partition coefficient (Wildman–Crippen LogP) is 2.60. The van der Waals surface area contributed by atoms with E-state index in [1.807, 2.05) is 12.1 Å². The Morgan fingerprint density at radius 1 is 1.41 bits per heavy atom. The Bertz CT molecular complexity index is 401. The highest BCUT2D eigenvalue weighted by Gasteiger charge is 2.11. The van der Waals surface area contributed by atoms with Gasteiger partial charge in [-0.2, -0.15) is 0 Å². The van der Waals surface area contributed by atoms with Crippen LogP contribution in [0.1, 0.15) is 24.8 Å². The SMILES string of the molecule is COc1cccc(CNC2CC=CCC2)c1O. The zero-order valence-electron chi connectivity index (χ0n) is 10.1. The van der Waals surface area contributed by atoms with Gasteiger partial charge in [-0.05, 0) is 25.3 Å². The molecule has 3 heteroatoms. The summed E-state index contributed by atoms with van der Waals surface area (Å²) in [5, 5.41) is 13.4. The van der Waals surface area contributed by atoms with Crippen LogP contribution >= 0.6 is 0 Å². The maximum absolute atomic E-state index is 9.94. The van der Waals surface area contributed by atoms with E-state index in [1.54, 1.807) is 13.2 Å². The molecule has 0 heterocycles. The van der Waals surface area contributed by atoms with Crippen molar-refractivity contribution in [1.29, 1.82) is 0 Å². The quantitative estimate of drug-likeness (QED) is 0.785. The molecule has 1 aliphatic carbocycles. The van der Waals surface area contributed by atoms with Crippen molar-refractivity contribution in [2.24, 2.45) is 0 Å². The first-order valence-electron chi connectivity index (χ1n) is 6.04. The second-order valence-corrected chi connectivity index (χ2v) is 4.33. The van der Waals surface area contributed by atoms with Crippen molar-refractivity contribution in [3.63, 3.8) is 0 Å². The van der Waals surface area contributed by atoms with E-state index in [4.69, 9.17) is 4.74 Å². The van der Waals surface area contributed by atoms with E-state index >= 15 is 0 Å². The normalized spacial score (nSPS) is 19.2. The Kier molecular flexibility index (Phi) is 4.04. The summed E-state index contributed by atoms with van der Waals surface area (Å²) in [5.74, 6) is 0.779. The topological polar surface area (TPSA) is 41.5 Å². The van der Waals surface area contributed by atoms with Crippen LogP contribution < -0.4 is 10.1 Å². The highest BCUT2D eigenvalue weighted by molar-refractivity contribution is 5.45. The van der Waals surface area contributed by atoms with E-state index in [-0.39, 0.29) is 5.75 Å². The zero-order valence-corrected chi connectivity index (χ0v) is 10.1. The van der Waals surface area contributed by atoms with Crippen molar-refractivity contribution in [2.75, 3.05) is 7.11 Å². The molecule has 17 heavy (non-hydrogen) atoms. The number of para-hydroxylation sites is 1. The fourth-order valence-electron chi connectivity index (χ4n) is 2.11. The number of hydrogen-bond acceptors (Lipinski definition) is 3. The molecule has 0 aromatic heterocycles. The first-order valence-corrected chi connectivity index (χ1v) is 6.04. The lowest BCUT2D eigenvalue weighted by Gasteiger charge is -2.20. The molecule has 1 unspecified atom stereocenters. The summed E-state index contributed by atoms with van der Waals surface area (Å²) in [6.07, 6.45) is 7.82. The smallest absolute Gasteiger partial charge is 0.162 e. The van der Waals surface area contributed by atoms with Crippen LogP contribution in [0.2, 0.25) is 0 Å². The standard InChI is InChI=1S/C14H19NO2/c1-17-13-9-5-6-11(14(13)16)10-15-12-7-3-2-4-8-12/h2-3,5-6,9,12,15-16H,4,7-8,10H2,1H3. The third-order valence-electron chi connectivity index (χ3n) is 3.15. The van der Waals surface area contributed by atoms with Gasteiger partial charge >= 0.3 is 0 Å². The zero-order chi connectivity index (χ0) is 12.1. The average molecular weight is 233 g/mol. The second kappa shape index (κ2) is 5.73. The molecule has 0 spiro atoms. The summed E-state index contributed by atoms with van der Waals surface area (Å²) in [4.78, 5) is 0. The van der Waals surface area contributed by atoms with Crippen LogP contribution in [0.15, 0.2) is 30.4 Å². The molecule has 0 fully saturated rings. The molecule has 92 valence electrons. The molecule has 0 amide bonds. The minimum Gasteiger partial charge on any atom is -0.504 e. The van der Waals surface area contributed by atoms with E-state index in [0.717, 1.165) is 18.4 Å². The summed E-state index contributed by atoms with van der Waals surface area (Å²) >= 11 is 0. The number of ether oxygens (including phenoxy) is 1. The Balaban J connectivity index is 1.96. The van der Waals surface area contributed by atoms with Gasteiger partial charge in [0.25, 0.3) is 0 Å². The summed E-state index contributed by atoms with van der Waals surface area (Å²) in [6, 6.07) is 6.10. The van der Waals surface area contributed by atoms with Gasteiger partial charge in [0.05, 0.1) is 7.11 Å². The van der Waals surface area contributed by atoms with E-state index in [9.17, 15) is 5.11 Å². The lowest BCUT2D eigenvalue weighted by atomic mass is 10.0. The molecular weight excluding hydrogens is 214 g/mol. The summed E-state index contributed by atoms with van der Waals surface area (Å²) < 4.78 is 5.09. The minimum atomic E-state index is 0.244. The molecule has 1 aliphatic rings. The number of phenols is 1. The summed E-state index contributed by atoms with van der Waals surface area (Å²) in [5.41, 5.74) is 0.888. The van der Waals surface area contributed by atoms with Gasteiger partial charge in [0, 0.05) is 18.2 Å². The largest absolute Gasteiger partial charge is 0.504 e. The molecule has 1 aromatic rings. The van der Waals surface area contributed by atoms with Crippen LogP contribution in [0.5, 0.6) is 11.5 Å². The fourth-order valence-corrected chi connectivity index (χ4v) is 2.11. The number of methoxy groups -OCH3 is 1. The van der Waals surface area contributed by atoms with Gasteiger partial charge in [-0.1, -0.05) is 24.3 Å². The van der Waals surface area contributed by atoms with E-state index in [0.29, 0.717) is 18.3 Å². The monoisotopic (exact) mass is 233 g/mol. The number of benzene rings is 1. The highest BCUT2D eigenvalue weighted by atomic mass is 16.5. The van der Waals surface area contributed by atoms with E-state index in [2.05, 4.69) is 17.5 Å². The third-order valence-corrected chi connectivity index (χ3v) is 3.15. The summed E-state index contributed by atoms with van der Waals surface area (Å²) in [6.45, 7) is 0.682. The highest BCUT2D eigenvalue weighted by Crippen LogP contribution is 2.29. The molecule has 3 nitrogen and oxygen atoms in total. The Hall–Kier alpha value is -1.48. The van der Waals surface area contributed by atoms with Crippen LogP contribution in [0.3, 0.4) is 0 Å². The molecule has 1 aromatic carbocycles. The van der Waals surface area contributed by atoms with Gasteiger partial charge in [0.15, 0.2) is 11.5 Å². The van der Waals surface area contributed by atoms with Crippen LogP contribution in [0.25, 0.3) is 0 Å². The van der Waals surface area contributed by atoms with Crippen molar-refractivity contribution < 1.29 is 9.84 Å². The van der Waals surface area contributed by atoms with Gasteiger partial charge in [-0.25, -0.2) is 0 Å². The molecule has 0 aliphatic heterocycles. The number of aromatic hydroxyl groups is 1. The molecule has 1 atom stereocenters. The Labute approximate surface area is 102 Å². The molecule has 2 rings (SSSR count). The van der Waals surface area contributed by atoms with Gasteiger partial charge in [-0.3, -0.25) is 0 Å². The van der Waals surface area contributed by atoms with Gasteiger partial charge in [0.2, 0.25) is 0 Å². The first kappa shape index (κ1) is 12.0. The van der Waals surface area contributed by atoms with Gasteiger partial charge in [-0.15, -0.1) is 0 Å². The molecule has 0 saturated carbocycles. The lowest BCUT2D eigenvalue weighted by molar-refractivity contribution is 0.368. The maximum Gasteiger partial charge on any atom is 0.162 e.